The molecule has 0 saturated heterocycles. The van der Waals surface area contributed by atoms with Crippen molar-refractivity contribution in [2.75, 3.05) is 13.1 Å². The molecule has 7 N–H and O–H groups in total. The molecule has 2 atom stereocenters. The molecular formula is C9H20N4O3. The molecule has 7 nitrogen and oxygen atoms in total. The molecule has 0 saturated carbocycles. The summed E-state index contributed by atoms with van der Waals surface area (Å²) in [5.41, 5.74) is 5.07. The fourth-order valence-corrected chi connectivity index (χ4v) is 1.15. The highest BCUT2D eigenvalue weighted by atomic mass is 16.4. The van der Waals surface area contributed by atoms with Crippen molar-refractivity contribution in [1.82, 2.24) is 10.6 Å². The Balaban J connectivity index is 3.77. The number of carbonyl (C=O) groups is 1. The first-order valence-electron chi connectivity index (χ1n) is 5.15. The molecule has 0 aromatic rings. The Morgan fingerprint density at radius 3 is 2.62 bits per heavy atom. The van der Waals surface area contributed by atoms with E-state index in [0.29, 0.717) is 19.4 Å². The molecule has 0 spiro atoms. The minimum absolute atomic E-state index is 0.121. The number of nitrogens with one attached hydrogen (secondary N) is 3. The van der Waals surface area contributed by atoms with Crippen LogP contribution in [0.4, 0.5) is 0 Å². The van der Waals surface area contributed by atoms with Crippen LogP contribution in [0, 0.1) is 5.41 Å². The van der Waals surface area contributed by atoms with Crippen LogP contribution in [0.25, 0.3) is 0 Å². The fourth-order valence-electron chi connectivity index (χ4n) is 1.15. The van der Waals surface area contributed by atoms with Gasteiger partial charge in [0.25, 0.3) is 0 Å². The summed E-state index contributed by atoms with van der Waals surface area (Å²) in [5.74, 6) is -1.06. The van der Waals surface area contributed by atoms with Gasteiger partial charge in [-0.3, -0.25) is 10.2 Å². The van der Waals surface area contributed by atoms with Gasteiger partial charge in [0.1, 0.15) is 6.04 Å². The third-order valence-corrected chi connectivity index (χ3v) is 1.94. The van der Waals surface area contributed by atoms with Crippen LogP contribution < -0.4 is 16.4 Å². The van der Waals surface area contributed by atoms with Crippen LogP contribution in [0.2, 0.25) is 0 Å². The lowest BCUT2D eigenvalue weighted by atomic mass is 10.1. The number of nitrogens with two attached hydrogens (primary N) is 1. The van der Waals surface area contributed by atoms with E-state index in [-0.39, 0.29) is 12.5 Å². The first-order valence-corrected chi connectivity index (χ1v) is 5.15. The van der Waals surface area contributed by atoms with Crippen LogP contribution in [0.5, 0.6) is 0 Å². The Hall–Kier alpha value is -1.34. The molecule has 1 unspecified atom stereocenters. The Morgan fingerprint density at radius 1 is 1.56 bits per heavy atom. The predicted molar refractivity (Wildman–Crippen MR) is 60.3 cm³/mol. The molecule has 0 fully saturated rings. The second-order valence-corrected chi connectivity index (χ2v) is 3.63. The van der Waals surface area contributed by atoms with E-state index in [2.05, 4.69) is 10.6 Å². The fraction of sp³-hybridized carbons (Fsp3) is 0.778. The molecule has 0 aromatic carbocycles. The largest absolute Gasteiger partial charge is 0.480 e. The van der Waals surface area contributed by atoms with E-state index < -0.39 is 18.1 Å². The van der Waals surface area contributed by atoms with E-state index in [9.17, 15) is 4.79 Å². The van der Waals surface area contributed by atoms with Crippen LogP contribution in [-0.4, -0.2) is 47.4 Å². The van der Waals surface area contributed by atoms with Crippen LogP contribution in [-0.2, 0) is 4.79 Å². The lowest BCUT2D eigenvalue weighted by Gasteiger charge is -2.15. The third-order valence-electron chi connectivity index (χ3n) is 1.94. The molecule has 0 aromatic heterocycles. The Morgan fingerprint density at radius 2 is 2.19 bits per heavy atom. The van der Waals surface area contributed by atoms with Gasteiger partial charge in [-0.15, -0.1) is 0 Å². The highest BCUT2D eigenvalue weighted by Gasteiger charge is 2.16. The van der Waals surface area contributed by atoms with Crippen molar-refractivity contribution < 1.29 is 15.0 Å². The number of carboxylic acids is 1. The van der Waals surface area contributed by atoms with Crippen LogP contribution in [0.1, 0.15) is 19.8 Å². The minimum Gasteiger partial charge on any atom is -0.480 e. The molecule has 0 heterocycles. The molecule has 0 aliphatic heterocycles. The first kappa shape index (κ1) is 14.7. The minimum atomic E-state index is -0.941. The average molecular weight is 232 g/mol. The lowest BCUT2D eigenvalue weighted by molar-refractivity contribution is -0.139. The standard InChI is InChI=1S/C9H20N4O3/c1-6(14)5-13-7(8(15)16)3-2-4-12-9(10)11/h6-7,13-14H,2-5H2,1H3,(H,15,16)(H4,10,11,12)/t6?,7-/m0/s1. The molecule has 0 radical (unpaired) electrons. The number of hydrogen-bond acceptors (Lipinski definition) is 4. The van der Waals surface area contributed by atoms with Crippen molar-refractivity contribution in [2.24, 2.45) is 5.73 Å². The highest BCUT2D eigenvalue weighted by Crippen LogP contribution is 1.97. The number of hydrogen-bond donors (Lipinski definition) is 6. The lowest BCUT2D eigenvalue weighted by Crippen LogP contribution is -2.41. The van der Waals surface area contributed by atoms with Crippen molar-refractivity contribution in [2.45, 2.75) is 31.9 Å². The number of aliphatic hydroxyl groups is 1. The average Bonchev–Trinajstić information content (AvgIpc) is 2.15. The first-order chi connectivity index (χ1) is 7.43. The quantitative estimate of drug-likeness (QED) is 0.175. The zero-order valence-electron chi connectivity index (χ0n) is 9.36. The zero-order valence-corrected chi connectivity index (χ0v) is 9.36. The zero-order chi connectivity index (χ0) is 12.6. The number of rotatable bonds is 8. The maximum absolute atomic E-state index is 10.8. The maximum Gasteiger partial charge on any atom is 0.320 e. The van der Waals surface area contributed by atoms with Crippen molar-refractivity contribution in [3.63, 3.8) is 0 Å². The normalized spacial score (nSPS) is 14.1. The van der Waals surface area contributed by atoms with Crippen molar-refractivity contribution in [3.8, 4) is 0 Å². The van der Waals surface area contributed by atoms with Gasteiger partial charge in [0.05, 0.1) is 6.10 Å². The predicted octanol–water partition coefficient (Wildman–Crippen LogP) is -1.33. The number of aliphatic carboxylic acids is 1. The van der Waals surface area contributed by atoms with Crippen molar-refractivity contribution in [1.29, 1.82) is 5.41 Å². The molecule has 0 aliphatic carbocycles. The molecule has 0 aliphatic rings. The van der Waals surface area contributed by atoms with Gasteiger partial charge in [-0.05, 0) is 19.8 Å². The monoisotopic (exact) mass is 232 g/mol. The summed E-state index contributed by atoms with van der Waals surface area (Å²) >= 11 is 0. The smallest absolute Gasteiger partial charge is 0.320 e. The molecule has 0 amide bonds. The highest BCUT2D eigenvalue weighted by molar-refractivity contribution is 5.74. The van der Waals surface area contributed by atoms with E-state index in [0.717, 1.165) is 0 Å². The third kappa shape index (κ3) is 8.01. The second-order valence-electron chi connectivity index (χ2n) is 3.63. The van der Waals surface area contributed by atoms with Gasteiger partial charge in [-0.1, -0.05) is 0 Å². The van der Waals surface area contributed by atoms with Gasteiger partial charge in [0.15, 0.2) is 5.96 Å². The number of carboxylic acid groups (broad SMARTS) is 1. The van der Waals surface area contributed by atoms with Gasteiger partial charge in [0, 0.05) is 13.1 Å². The van der Waals surface area contributed by atoms with E-state index >= 15 is 0 Å². The van der Waals surface area contributed by atoms with Gasteiger partial charge < -0.3 is 26.6 Å². The summed E-state index contributed by atoms with van der Waals surface area (Å²) < 4.78 is 0. The summed E-state index contributed by atoms with van der Waals surface area (Å²) in [4.78, 5) is 10.8. The van der Waals surface area contributed by atoms with Crippen LogP contribution in [0.3, 0.4) is 0 Å². The van der Waals surface area contributed by atoms with E-state index in [1.54, 1.807) is 6.92 Å². The van der Waals surface area contributed by atoms with Crippen LogP contribution >= 0.6 is 0 Å². The number of guanidine groups is 1. The topological polar surface area (TPSA) is 131 Å². The molecule has 0 rings (SSSR count). The van der Waals surface area contributed by atoms with Crippen molar-refractivity contribution in [3.05, 3.63) is 0 Å². The Kier molecular flexibility index (Phi) is 7.23. The molecule has 7 heteroatoms. The van der Waals surface area contributed by atoms with Gasteiger partial charge >= 0.3 is 5.97 Å². The molecular weight excluding hydrogens is 212 g/mol. The summed E-state index contributed by atoms with van der Waals surface area (Å²) in [6, 6.07) is -0.677. The number of aliphatic hydroxyl groups excluding tert-OH is 1. The molecule has 94 valence electrons. The summed E-state index contributed by atoms with van der Waals surface area (Å²) in [5, 5.41) is 30.1. The summed E-state index contributed by atoms with van der Waals surface area (Å²) in [6.45, 7) is 2.30. The van der Waals surface area contributed by atoms with E-state index in [1.807, 2.05) is 0 Å². The van der Waals surface area contributed by atoms with Crippen LogP contribution in [0.15, 0.2) is 0 Å². The van der Waals surface area contributed by atoms with Gasteiger partial charge in [0.2, 0.25) is 0 Å². The second kappa shape index (κ2) is 7.89. The molecule has 16 heavy (non-hydrogen) atoms. The Labute approximate surface area is 94.5 Å². The SMILES string of the molecule is CC(O)CN[C@@H](CCCNC(=N)N)C(=O)O. The summed E-state index contributed by atoms with van der Waals surface area (Å²) in [7, 11) is 0. The van der Waals surface area contributed by atoms with Gasteiger partial charge in [-0.2, -0.15) is 0 Å². The van der Waals surface area contributed by atoms with E-state index in [4.69, 9.17) is 21.4 Å². The van der Waals surface area contributed by atoms with Crippen molar-refractivity contribution >= 4 is 11.9 Å². The maximum atomic E-state index is 10.8. The van der Waals surface area contributed by atoms with E-state index in [1.165, 1.54) is 0 Å². The Bertz CT molecular complexity index is 233. The molecule has 0 bridgehead atoms. The summed E-state index contributed by atoms with van der Waals surface area (Å²) in [6.07, 6.45) is 0.434. The van der Waals surface area contributed by atoms with Gasteiger partial charge in [-0.25, -0.2) is 0 Å².